The van der Waals surface area contributed by atoms with Gasteiger partial charge in [0.05, 0.1) is 12.1 Å². The highest BCUT2D eigenvalue weighted by Crippen LogP contribution is 2.38. The highest BCUT2D eigenvalue weighted by atomic mass is 32.1. The van der Waals surface area contributed by atoms with Gasteiger partial charge in [-0.15, -0.1) is 11.3 Å². The SMILES string of the molecule is Cc1ccc(CC[C@H](O)/C=C/[C@H]2CCC(N=O)[C@@H]2C/C=C\CCCC(=O)O)s1. The highest BCUT2D eigenvalue weighted by Gasteiger charge is 2.34. The number of aliphatic carboxylic acids is 1. The summed E-state index contributed by atoms with van der Waals surface area (Å²) in [6.45, 7) is 2.09. The molecule has 1 aliphatic rings. The molecular formula is C22H31NO4S. The molecule has 1 unspecified atom stereocenters. The maximum absolute atomic E-state index is 11.2. The van der Waals surface area contributed by atoms with Gasteiger partial charge in [-0.2, -0.15) is 4.91 Å². The van der Waals surface area contributed by atoms with E-state index in [1.807, 2.05) is 18.2 Å². The number of nitrogens with zero attached hydrogens (tertiary/aromatic N) is 1. The van der Waals surface area contributed by atoms with Gasteiger partial charge in [-0.3, -0.25) is 4.79 Å². The number of nitroso groups, excluding NO2 is 1. The number of hydrogen-bond acceptors (Lipinski definition) is 5. The van der Waals surface area contributed by atoms with Crippen molar-refractivity contribution in [3.63, 3.8) is 0 Å². The first kappa shape index (κ1) is 22.5. The minimum Gasteiger partial charge on any atom is -0.481 e. The van der Waals surface area contributed by atoms with Crippen molar-refractivity contribution in [3.05, 3.63) is 51.1 Å². The van der Waals surface area contributed by atoms with Crippen molar-refractivity contribution in [1.29, 1.82) is 0 Å². The molecule has 1 aliphatic carbocycles. The molecule has 0 amide bonds. The van der Waals surface area contributed by atoms with E-state index in [9.17, 15) is 14.8 Å². The molecule has 6 heteroatoms. The molecule has 0 saturated heterocycles. The van der Waals surface area contributed by atoms with Crippen molar-refractivity contribution in [2.45, 2.75) is 70.4 Å². The predicted molar refractivity (Wildman–Crippen MR) is 114 cm³/mol. The van der Waals surface area contributed by atoms with Crippen molar-refractivity contribution < 1.29 is 15.0 Å². The van der Waals surface area contributed by atoms with Gasteiger partial charge in [0.2, 0.25) is 0 Å². The lowest BCUT2D eigenvalue weighted by atomic mass is 9.89. The Hall–Kier alpha value is -1.79. The van der Waals surface area contributed by atoms with Crippen LogP contribution in [0.3, 0.4) is 0 Å². The third-order valence-electron chi connectivity index (χ3n) is 5.37. The highest BCUT2D eigenvalue weighted by molar-refractivity contribution is 7.11. The van der Waals surface area contributed by atoms with Gasteiger partial charge in [0.1, 0.15) is 0 Å². The molecule has 2 N–H and O–H groups in total. The Labute approximate surface area is 171 Å². The first-order chi connectivity index (χ1) is 13.5. The monoisotopic (exact) mass is 405 g/mol. The molecule has 154 valence electrons. The van der Waals surface area contributed by atoms with Crippen molar-refractivity contribution >= 4 is 17.3 Å². The minimum absolute atomic E-state index is 0.164. The summed E-state index contributed by atoms with van der Waals surface area (Å²) in [7, 11) is 0. The number of aliphatic hydroxyl groups excluding tert-OH is 1. The number of aryl methyl sites for hydroxylation is 2. The van der Waals surface area contributed by atoms with Crippen LogP contribution >= 0.6 is 11.3 Å². The van der Waals surface area contributed by atoms with Gasteiger partial charge in [-0.1, -0.05) is 29.5 Å². The summed E-state index contributed by atoms with van der Waals surface area (Å²) < 4.78 is 0. The van der Waals surface area contributed by atoms with E-state index in [4.69, 9.17) is 5.11 Å². The fourth-order valence-corrected chi connectivity index (χ4v) is 4.70. The Kier molecular flexibility index (Phi) is 9.58. The zero-order valence-corrected chi connectivity index (χ0v) is 17.3. The van der Waals surface area contributed by atoms with E-state index >= 15 is 0 Å². The molecule has 0 bridgehead atoms. The number of aliphatic hydroxyl groups is 1. The maximum atomic E-state index is 11.2. The summed E-state index contributed by atoms with van der Waals surface area (Å²) >= 11 is 1.77. The number of hydrogen-bond donors (Lipinski definition) is 2. The van der Waals surface area contributed by atoms with Crippen LogP contribution in [0.5, 0.6) is 0 Å². The van der Waals surface area contributed by atoms with Crippen LogP contribution in [0.25, 0.3) is 0 Å². The molecule has 0 aliphatic heterocycles. The van der Waals surface area contributed by atoms with Gasteiger partial charge in [0, 0.05) is 16.2 Å². The largest absolute Gasteiger partial charge is 0.481 e. The second-order valence-electron chi connectivity index (χ2n) is 7.57. The number of rotatable bonds is 12. The van der Waals surface area contributed by atoms with Crippen molar-refractivity contribution in [2.24, 2.45) is 17.0 Å². The van der Waals surface area contributed by atoms with Gasteiger partial charge < -0.3 is 10.2 Å². The summed E-state index contributed by atoms with van der Waals surface area (Å²) in [6.07, 6.45) is 13.1. The average Bonchev–Trinajstić information content (AvgIpc) is 3.26. The van der Waals surface area contributed by atoms with Crippen LogP contribution in [-0.4, -0.2) is 28.3 Å². The van der Waals surface area contributed by atoms with E-state index < -0.39 is 12.1 Å². The smallest absolute Gasteiger partial charge is 0.303 e. The molecule has 0 spiro atoms. The number of carboxylic acid groups (broad SMARTS) is 1. The van der Waals surface area contributed by atoms with Crippen LogP contribution in [0.15, 0.2) is 41.6 Å². The molecule has 4 atom stereocenters. The molecule has 1 fully saturated rings. The van der Waals surface area contributed by atoms with E-state index in [0.717, 1.165) is 32.1 Å². The average molecular weight is 406 g/mol. The zero-order valence-electron chi connectivity index (χ0n) is 16.5. The molecule has 2 rings (SSSR count). The van der Waals surface area contributed by atoms with Crippen LogP contribution in [0.1, 0.15) is 54.7 Å². The van der Waals surface area contributed by atoms with Crippen molar-refractivity contribution in [1.82, 2.24) is 0 Å². The van der Waals surface area contributed by atoms with Crippen LogP contribution in [-0.2, 0) is 11.2 Å². The van der Waals surface area contributed by atoms with Crippen molar-refractivity contribution in [2.75, 3.05) is 0 Å². The summed E-state index contributed by atoms with van der Waals surface area (Å²) in [6, 6.07) is 4.05. The number of unbranched alkanes of at least 4 members (excludes halogenated alkanes) is 1. The number of carboxylic acids is 1. The third kappa shape index (κ3) is 7.68. The van der Waals surface area contributed by atoms with E-state index in [2.05, 4.69) is 30.3 Å². The molecule has 1 heterocycles. The van der Waals surface area contributed by atoms with Crippen LogP contribution in [0, 0.1) is 23.7 Å². The van der Waals surface area contributed by atoms with Crippen LogP contribution in [0.2, 0.25) is 0 Å². The Bertz CT molecular complexity index is 682. The Balaban J connectivity index is 1.80. The second kappa shape index (κ2) is 11.9. The fourth-order valence-electron chi connectivity index (χ4n) is 3.80. The molecule has 5 nitrogen and oxygen atoms in total. The standard InChI is InChI=1S/C22H31NO4S/c1-16-8-13-19(28-16)14-12-18(24)11-9-17-10-15-21(23-27)20(17)6-4-2-3-5-7-22(25)26/h2,4,8-9,11,13,17-18,20-21,24H,3,5-7,10,12,14-15H2,1H3,(H,25,26)/b4-2-,11-9+/t17-,18+,20+,21?/m0/s1. The van der Waals surface area contributed by atoms with E-state index in [-0.39, 0.29) is 24.3 Å². The summed E-state index contributed by atoms with van der Waals surface area (Å²) in [5.41, 5.74) is 0. The van der Waals surface area contributed by atoms with E-state index in [1.54, 1.807) is 11.3 Å². The second-order valence-corrected chi connectivity index (χ2v) is 8.95. The number of thiophene rings is 1. The minimum atomic E-state index is -0.771. The topological polar surface area (TPSA) is 87.0 Å². The normalized spacial score (nSPS) is 23.6. The molecule has 0 radical (unpaired) electrons. The van der Waals surface area contributed by atoms with Crippen LogP contribution < -0.4 is 0 Å². The number of carbonyl (C=O) groups is 1. The first-order valence-electron chi connectivity index (χ1n) is 10.1. The predicted octanol–water partition coefficient (Wildman–Crippen LogP) is 5.27. The molecule has 1 aromatic rings. The van der Waals surface area contributed by atoms with Gasteiger partial charge in [-0.05, 0) is 75.8 Å². The lowest BCUT2D eigenvalue weighted by molar-refractivity contribution is -0.137. The molecular weight excluding hydrogens is 374 g/mol. The Morgan fingerprint density at radius 1 is 1.36 bits per heavy atom. The Morgan fingerprint density at radius 2 is 2.18 bits per heavy atom. The molecule has 1 aromatic heterocycles. The third-order valence-corrected chi connectivity index (χ3v) is 6.44. The molecule has 0 aromatic carbocycles. The molecule has 1 saturated carbocycles. The van der Waals surface area contributed by atoms with E-state index in [0.29, 0.717) is 12.8 Å². The number of allylic oxidation sites excluding steroid dienone is 3. The maximum Gasteiger partial charge on any atom is 0.303 e. The summed E-state index contributed by atoms with van der Waals surface area (Å²) in [5, 5.41) is 22.2. The quantitative estimate of drug-likeness (QED) is 0.282. The van der Waals surface area contributed by atoms with Gasteiger partial charge in [0.15, 0.2) is 0 Å². The fraction of sp³-hybridized carbons (Fsp3) is 0.591. The summed E-state index contributed by atoms with van der Waals surface area (Å²) in [4.78, 5) is 24.3. The lowest BCUT2D eigenvalue weighted by Gasteiger charge is -2.17. The van der Waals surface area contributed by atoms with Gasteiger partial charge in [-0.25, -0.2) is 0 Å². The first-order valence-corrected chi connectivity index (χ1v) is 10.9. The van der Waals surface area contributed by atoms with Crippen LogP contribution in [0.4, 0.5) is 0 Å². The van der Waals surface area contributed by atoms with E-state index in [1.165, 1.54) is 9.75 Å². The lowest BCUT2D eigenvalue weighted by Crippen LogP contribution is -2.16. The zero-order chi connectivity index (χ0) is 20.4. The van der Waals surface area contributed by atoms with Crippen molar-refractivity contribution in [3.8, 4) is 0 Å². The Morgan fingerprint density at radius 3 is 2.86 bits per heavy atom. The van der Waals surface area contributed by atoms with Gasteiger partial charge >= 0.3 is 5.97 Å². The molecule has 28 heavy (non-hydrogen) atoms. The van der Waals surface area contributed by atoms with Gasteiger partial charge in [0.25, 0.3) is 0 Å². The summed E-state index contributed by atoms with van der Waals surface area (Å²) in [5.74, 6) is -0.353.